The lowest BCUT2D eigenvalue weighted by atomic mass is 10.2. The minimum absolute atomic E-state index is 0.204. The number of nitrogens with one attached hydrogen (secondary N) is 1. The molecule has 2 aromatic heterocycles. The van der Waals surface area contributed by atoms with Crippen LogP contribution in [0.15, 0.2) is 57.1 Å². The van der Waals surface area contributed by atoms with E-state index >= 15 is 0 Å². The quantitative estimate of drug-likeness (QED) is 0.756. The van der Waals surface area contributed by atoms with Gasteiger partial charge >= 0.3 is 0 Å². The number of hydrogen-bond acceptors (Lipinski definition) is 5. The molecule has 0 unspecified atom stereocenters. The van der Waals surface area contributed by atoms with Gasteiger partial charge in [0.05, 0.1) is 0 Å². The van der Waals surface area contributed by atoms with Gasteiger partial charge in [0.1, 0.15) is 5.69 Å². The first-order valence-electron chi connectivity index (χ1n) is 7.05. The second kappa shape index (κ2) is 6.93. The van der Waals surface area contributed by atoms with Crippen molar-refractivity contribution in [2.24, 2.45) is 0 Å². The molecule has 0 saturated heterocycles. The fourth-order valence-electron chi connectivity index (χ4n) is 1.95. The molecule has 0 aliphatic heterocycles. The summed E-state index contributed by atoms with van der Waals surface area (Å²) in [6, 6.07) is 13.1. The van der Waals surface area contributed by atoms with Crippen molar-refractivity contribution < 1.29 is 4.79 Å². The zero-order chi connectivity index (χ0) is 16.2. The Hall–Kier alpha value is -2.18. The molecule has 0 saturated carbocycles. The van der Waals surface area contributed by atoms with Crippen molar-refractivity contribution in [3.63, 3.8) is 0 Å². The summed E-state index contributed by atoms with van der Waals surface area (Å²) in [7, 11) is 0. The summed E-state index contributed by atoms with van der Waals surface area (Å²) in [5.41, 5.74) is 3.02. The molecule has 3 aromatic rings. The van der Waals surface area contributed by atoms with Crippen LogP contribution in [0.25, 0.3) is 0 Å². The number of carbonyl (C=O) groups excluding carboxylic acids is 1. The van der Waals surface area contributed by atoms with E-state index in [1.165, 1.54) is 0 Å². The maximum absolute atomic E-state index is 12.2. The molecule has 4 nitrogen and oxygen atoms in total. The minimum atomic E-state index is -0.204. The molecule has 0 atom stereocenters. The van der Waals surface area contributed by atoms with Gasteiger partial charge in [0.25, 0.3) is 5.91 Å². The number of pyridine rings is 1. The van der Waals surface area contributed by atoms with Crippen molar-refractivity contribution in [3.8, 4) is 0 Å². The largest absolute Gasteiger partial charge is 0.321 e. The number of benzene rings is 1. The summed E-state index contributed by atoms with van der Waals surface area (Å²) in [6.45, 7) is 3.85. The molecule has 1 amide bonds. The average Bonchev–Trinajstić information content (AvgIpc) is 2.94. The Morgan fingerprint density at radius 2 is 1.83 bits per heavy atom. The summed E-state index contributed by atoms with van der Waals surface area (Å²) >= 11 is 3.25. The highest BCUT2D eigenvalue weighted by Gasteiger charge is 2.08. The Labute approximate surface area is 143 Å². The van der Waals surface area contributed by atoms with Crippen LogP contribution in [0.5, 0.6) is 0 Å². The van der Waals surface area contributed by atoms with Crippen LogP contribution in [0, 0.1) is 13.8 Å². The first kappa shape index (κ1) is 15.7. The van der Waals surface area contributed by atoms with E-state index in [1.807, 2.05) is 55.6 Å². The maximum atomic E-state index is 12.2. The van der Waals surface area contributed by atoms with E-state index in [4.69, 9.17) is 0 Å². The molecule has 1 N–H and O–H groups in total. The molecule has 23 heavy (non-hydrogen) atoms. The fourth-order valence-corrected chi connectivity index (χ4v) is 3.76. The van der Waals surface area contributed by atoms with E-state index < -0.39 is 0 Å². The van der Waals surface area contributed by atoms with Crippen molar-refractivity contribution in [2.75, 3.05) is 5.32 Å². The molecule has 116 valence electrons. The lowest BCUT2D eigenvalue weighted by molar-refractivity contribution is 0.102. The van der Waals surface area contributed by atoms with Crippen LogP contribution >= 0.6 is 23.1 Å². The van der Waals surface area contributed by atoms with E-state index in [0.29, 0.717) is 5.69 Å². The molecule has 2 heterocycles. The Bertz CT molecular complexity index is 828. The molecule has 3 rings (SSSR count). The Morgan fingerprint density at radius 1 is 1.04 bits per heavy atom. The van der Waals surface area contributed by atoms with Crippen LogP contribution in [-0.2, 0) is 0 Å². The Kier molecular flexibility index (Phi) is 4.73. The third-order valence-corrected chi connectivity index (χ3v) is 5.10. The number of amides is 1. The Balaban J connectivity index is 1.66. The zero-order valence-corrected chi connectivity index (χ0v) is 14.4. The molecule has 0 aliphatic carbocycles. The highest BCUT2D eigenvalue weighted by molar-refractivity contribution is 8.01. The number of aromatic nitrogens is 2. The van der Waals surface area contributed by atoms with Gasteiger partial charge in [-0.25, -0.2) is 9.97 Å². The molecule has 0 spiro atoms. The molecule has 0 radical (unpaired) electrons. The molecular weight excluding hydrogens is 326 g/mol. The Morgan fingerprint density at radius 3 is 2.48 bits per heavy atom. The number of aryl methyl sites for hydroxylation is 2. The van der Waals surface area contributed by atoms with Crippen molar-refractivity contribution in [3.05, 3.63) is 64.9 Å². The van der Waals surface area contributed by atoms with Gasteiger partial charge in [0.2, 0.25) is 0 Å². The summed E-state index contributed by atoms with van der Waals surface area (Å²) in [5.74, 6) is -0.204. The van der Waals surface area contributed by atoms with Gasteiger partial charge in [-0.2, -0.15) is 0 Å². The molecular formula is C17H15N3OS2. The van der Waals surface area contributed by atoms with E-state index in [0.717, 1.165) is 26.3 Å². The van der Waals surface area contributed by atoms with Gasteiger partial charge < -0.3 is 5.32 Å². The fraction of sp³-hybridized carbons (Fsp3) is 0.118. The standard InChI is InChI=1S/C17H15N3OS2/c1-11-4-3-5-15(18-11)16(21)20-13-6-8-14(9-7-13)23-17-19-12(2)10-22-17/h3-10H,1-2H3,(H,20,21). The second-order valence-corrected chi connectivity index (χ2v) is 7.18. The third kappa shape index (κ3) is 4.18. The van der Waals surface area contributed by atoms with Crippen LogP contribution in [0.2, 0.25) is 0 Å². The smallest absolute Gasteiger partial charge is 0.274 e. The maximum Gasteiger partial charge on any atom is 0.274 e. The van der Waals surface area contributed by atoms with E-state index in [9.17, 15) is 4.79 Å². The minimum Gasteiger partial charge on any atom is -0.321 e. The first-order chi connectivity index (χ1) is 11.1. The molecule has 6 heteroatoms. The number of thiazole rings is 1. The number of carbonyl (C=O) groups is 1. The number of nitrogens with zero attached hydrogens (tertiary/aromatic N) is 2. The van der Waals surface area contributed by atoms with Crippen molar-refractivity contribution >= 4 is 34.7 Å². The van der Waals surface area contributed by atoms with Crippen LogP contribution in [0.4, 0.5) is 5.69 Å². The van der Waals surface area contributed by atoms with Crippen LogP contribution in [0.3, 0.4) is 0 Å². The number of anilines is 1. The summed E-state index contributed by atoms with van der Waals surface area (Å²) in [5, 5.41) is 4.89. The van der Waals surface area contributed by atoms with Gasteiger partial charge in [-0.05, 0) is 50.2 Å². The number of rotatable bonds is 4. The van der Waals surface area contributed by atoms with Gasteiger partial charge in [-0.3, -0.25) is 4.79 Å². The molecule has 0 fully saturated rings. The van der Waals surface area contributed by atoms with E-state index in [2.05, 4.69) is 15.3 Å². The monoisotopic (exact) mass is 341 g/mol. The molecule has 0 bridgehead atoms. The van der Waals surface area contributed by atoms with Gasteiger partial charge in [0, 0.05) is 27.4 Å². The van der Waals surface area contributed by atoms with Gasteiger partial charge in [-0.15, -0.1) is 11.3 Å². The second-order valence-electron chi connectivity index (χ2n) is 5.00. The molecule has 0 aliphatic rings. The van der Waals surface area contributed by atoms with Crippen molar-refractivity contribution in [1.82, 2.24) is 9.97 Å². The SMILES string of the molecule is Cc1cccc(C(=O)Nc2ccc(Sc3nc(C)cs3)cc2)n1. The van der Waals surface area contributed by atoms with E-state index in [-0.39, 0.29) is 5.91 Å². The molecule has 1 aromatic carbocycles. The number of hydrogen-bond donors (Lipinski definition) is 1. The summed E-state index contributed by atoms with van der Waals surface area (Å²) in [4.78, 5) is 21.9. The first-order valence-corrected chi connectivity index (χ1v) is 8.75. The predicted molar refractivity (Wildman–Crippen MR) is 94.3 cm³/mol. The topological polar surface area (TPSA) is 54.9 Å². The average molecular weight is 341 g/mol. The third-order valence-electron chi connectivity index (χ3n) is 3.04. The summed E-state index contributed by atoms with van der Waals surface area (Å²) in [6.07, 6.45) is 0. The van der Waals surface area contributed by atoms with Crippen molar-refractivity contribution in [1.29, 1.82) is 0 Å². The van der Waals surface area contributed by atoms with Crippen LogP contribution < -0.4 is 5.32 Å². The normalized spacial score (nSPS) is 10.5. The zero-order valence-electron chi connectivity index (χ0n) is 12.7. The lowest BCUT2D eigenvalue weighted by Gasteiger charge is -2.06. The van der Waals surface area contributed by atoms with Gasteiger partial charge in [-0.1, -0.05) is 17.8 Å². The van der Waals surface area contributed by atoms with Crippen LogP contribution in [0.1, 0.15) is 21.9 Å². The lowest BCUT2D eigenvalue weighted by Crippen LogP contribution is -2.13. The van der Waals surface area contributed by atoms with Gasteiger partial charge in [0.15, 0.2) is 4.34 Å². The highest BCUT2D eigenvalue weighted by atomic mass is 32.2. The summed E-state index contributed by atoms with van der Waals surface area (Å²) < 4.78 is 1.02. The van der Waals surface area contributed by atoms with Crippen LogP contribution in [-0.4, -0.2) is 15.9 Å². The van der Waals surface area contributed by atoms with E-state index in [1.54, 1.807) is 29.2 Å². The highest BCUT2D eigenvalue weighted by Crippen LogP contribution is 2.30. The predicted octanol–water partition coefficient (Wildman–Crippen LogP) is 4.56. The van der Waals surface area contributed by atoms with Crippen molar-refractivity contribution in [2.45, 2.75) is 23.1 Å².